The van der Waals surface area contributed by atoms with Crippen LogP contribution in [-0.2, 0) is 4.74 Å². The van der Waals surface area contributed by atoms with E-state index in [-0.39, 0.29) is 0 Å². The van der Waals surface area contributed by atoms with E-state index in [1.54, 1.807) is 0 Å². The maximum absolute atomic E-state index is 5.85. The maximum Gasteiger partial charge on any atom is 0.115 e. The van der Waals surface area contributed by atoms with Crippen LogP contribution in [0.15, 0.2) is 34.5 Å². The maximum atomic E-state index is 5.85. The van der Waals surface area contributed by atoms with E-state index in [1.165, 1.54) is 19.3 Å². The van der Waals surface area contributed by atoms with Gasteiger partial charge < -0.3 is 4.74 Å². The summed E-state index contributed by atoms with van der Waals surface area (Å²) >= 11 is 3.45. The molecular weight excluding hydrogens is 252 g/mol. The Balaban J connectivity index is 2.49. The molecule has 0 aromatic heterocycles. The highest BCUT2D eigenvalue weighted by Gasteiger charge is 2.18. The lowest BCUT2D eigenvalue weighted by atomic mass is 9.96. The molecule has 0 heterocycles. The van der Waals surface area contributed by atoms with Gasteiger partial charge in [-0.1, -0.05) is 28.9 Å². The molecule has 2 heteroatoms. The summed E-state index contributed by atoms with van der Waals surface area (Å²) in [5.41, 5.74) is 0. The average Bonchev–Trinajstić information content (AvgIpc) is 2.19. The van der Waals surface area contributed by atoms with Crippen molar-refractivity contribution < 1.29 is 4.74 Å². The lowest BCUT2D eigenvalue weighted by Gasteiger charge is -2.26. The number of rotatable bonds is 5. The largest absolute Gasteiger partial charge is 0.491 e. The molecule has 0 unspecified atom stereocenters. The molecule has 0 N–H and O–H groups in total. The van der Waals surface area contributed by atoms with Gasteiger partial charge in [-0.3, -0.25) is 0 Å². The summed E-state index contributed by atoms with van der Waals surface area (Å²) in [6, 6.07) is 0. The van der Waals surface area contributed by atoms with E-state index in [4.69, 9.17) is 4.74 Å². The van der Waals surface area contributed by atoms with Crippen LogP contribution in [0.4, 0.5) is 0 Å². The first-order chi connectivity index (χ1) is 7.26. The Hall–Kier alpha value is -0.500. The quantitative estimate of drug-likeness (QED) is 0.520. The van der Waals surface area contributed by atoms with Gasteiger partial charge in [-0.25, -0.2) is 0 Å². The Morgan fingerprint density at radius 3 is 2.60 bits per heavy atom. The van der Waals surface area contributed by atoms with Crippen LogP contribution in [0.25, 0.3) is 0 Å². The van der Waals surface area contributed by atoms with Crippen molar-refractivity contribution >= 4 is 15.9 Å². The van der Waals surface area contributed by atoms with Crippen LogP contribution in [0.3, 0.4) is 0 Å². The fourth-order valence-electron chi connectivity index (χ4n) is 1.30. The smallest absolute Gasteiger partial charge is 0.115 e. The Morgan fingerprint density at radius 2 is 2.13 bits per heavy atom. The highest BCUT2D eigenvalue weighted by molar-refractivity contribution is 9.11. The zero-order chi connectivity index (χ0) is 11.1. The summed E-state index contributed by atoms with van der Waals surface area (Å²) in [7, 11) is 0. The molecule has 0 bridgehead atoms. The summed E-state index contributed by atoms with van der Waals surface area (Å²) < 4.78 is 6.93. The topological polar surface area (TPSA) is 9.23 Å². The van der Waals surface area contributed by atoms with Gasteiger partial charge in [0.2, 0.25) is 0 Å². The zero-order valence-corrected chi connectivity index (χ0v) is 11.1. The summed E-state index contributed by atoms with van der Waals surface area (Å²) in [4.78, 5) is 0. The Bertz CT molecular complexity index is 272. The van der Waals surface area contributed by atoms with Crippen LogP contribution >= 0.6 is 15.9 Å². The van der Waals surface area contributed by atoms with Crippen LogP contribution in [0.2, 0.25) is 0 Å². The van der Waals surface area contributed by atoms with Crippen LogP contribution in [-0.4, -0.2) is 6.10 Å². The van der Waals surface area contributed by atoms with Gasteiger partial charge >= 0.3 is 0 Å². The van der Waals surface area contributed by atoms with E-state index in [1.807, 2.05) is 25.2 Å². The summed E-state index contributed by atoms with van der Waals surface area (Å²) in [5.74, 6) is 1.00. The van der Waals surface area contributed by atoms with E-state index >= 15 is 0 Å². The van der Waals surface area contributed by atoms with E-state index in [2.05, 4.69) is 28.9 Å². The van der Waals surface area contributed by atoms with Crippen molar-refractivity contribution in [1.29, 1.82) is 0 Å². The molecule has 1 saturated carbocycles. The predicted molar refractivity (Wildman–Crippen MR) is 68.9 cm³/mol. The lowest BCUT2D eigenvalue weighted by Crippen LogP contribution is -2.20. The van der Waals surface area contributed by atoms with E-state index in [0.717, 1.165) is 16.7 Å². The lowest BCUT2D eigenvalue weighted by molar-refractivity contribution is 0.0586. The molecular formula is C13H19BrO. The van der Waals surface area contributed by atoms with Crippen molar-refractivity contribution in [3.05, 3.63) is 34.5 Å². The van der Waals surface area contributed by atoms with Crippen LogP contribution in [0, 0.1) is 0 Å². The average molecular weight is 271 g/mol. The molecule has 1 aliphatic rings. The Kier molecular flexibility index (Phi) is 5.77. The second-order valence-corrected chi connectivity index (χ2v) is 4.61. The van der Waals surface area contributed by atoms with E-state index < -0.39 is 0 Å². The molecule has 1 fully saturated rings. The molecule has 0 spiro atoms. The fraction of sp³-hybridized carbons (Fsp3) is 0.538. The Labute approximate surface area is 101 Å². The fourth-order valence-corrected chi connectivity index (χ4v) is 1.43. The normalized spacial score (nSPS) is 19.4. The van der Waals surface area contributed by atoms with Crippen LogP contribution in [0.1, 0.15) is 39.5 Å². The van der Waals surface area contributed by atoms with E-state index in [0.29, 0.717) is 6.10 Å². The minimum absolute atomic E-state index is 0.455. The van der Waals surface area contributed by atoms with Gasteiger partial charge in [0.05, 0.1) is 6.10 Å². The van der Waals surface area contributed by atoms with Gasteiger partial charge in [-0.15, -0.1) is 0 Å². The van der Waals surface area contributed by atoms with Gasteiger partial charge in [0.15, 0.2) is 0 Å². The Morgan fingerprint density at radius 1 is 1.40 bits per heavy atom. The number of hydrogen-bond acceptors (Lipinski definition) is 1. The predicted octanol–water partition coefficient (Wildman–Crippen LogP) is 4.70. The molecule has 0 atom stereocenters. The van der Waals surface area contributed by atoms with Gasteiger partial charge in [-0.05, 0) is 50.8 Å². The van der Waals surface area contributed by atoms with E-state index in [9.17, 15) is 0 Å². The van der Waals surface area contributed by atoms with Crippen LogP contribution in [0.5, 0.6) is 0 Å². The van der Waals surface area contributed by atoms with Crippen molar-refractivity contribution in [3.8, 4) is 0 Å². The molecule has 1 nitrogen and oxygen atoms in total. The van der Waals surface area contributed by atoms with Gasteiger partial charge in [-0.2, -0.15) is 0 Å². The molecule has 0 amide bonds. The van der Waals surface area contributed by atoms with Crippen molar-refractivity contribution in [2.75, 3.05) is 0 Å². The summed E-state index contributed by atoms with van der Waals surface area (Å²) in [5, 5.41) is 0. The molecule has 0 saturated heterocycles. The highest BCUT2D eigenvalue weighted by Crippen LogP contribution is 2.25. The van der Waals surface area contributed by atoms with Crippen molar-refractivity contribution in [1.82, 2.24) is 0 Å². The second kappa shape index (κ2) is 6.89. The first-order valence-corrected chi connectivity index (χ1v) is 6.42. The van der Waals surface area contributed by atoms with Crippen molar-refractivity contribution in [2.45, 2.75) is 45.6 Å². The molecule has 0 radical (unpaired) electrons. The molecule has 0 aliphatic heterocycles. The molecule has 15 heavy (non-hydrogen) atoms. The van der Waals surface area contributed by atoms with Crippen molar-refractivity contribution in [3.63, 3.8) is 0 Å². The minimum atomic E-state index is 0.455. The first-order valence-electron chi connectivity index (χ1n) is 5.63. The molecule has 1 rings (SSSR count). The first kappa shape index (κ1) is 12.6. The van der Waals surface area contributed by atoms with Crippen LogP contribution < -0.4 is 0 Å². The van der Waals surface area contributed by atoms with Gasteiger partial charge in [0, 0.05) is 4.48 Å². The highest BCUT2D eigenvalue weighted by atomic mass is 79.9. The summed E-state index contributed by atoms with van der Waals surface area (Å²) in [6.07, 6.45) is 13.4. The molecule has 0 aromatic rings. The van der Waals surface area contributed by atoms with Gasteiger partial charge in [0.25, 0.3) is 0 Å². The second-order valence-electron chi connectivity index (χ2n) is 3.69. The number of halogens is 1. The minimum Gasteiger partial charge on any atom is -0.491 e. The number of allylic oxidation sites excluding steroid dienone is 5. The SMILES string of the molecule is C\C=C(Br)/C=C\C(=C\CC)OC1CCC1. The number of ether oxygens (including phenoxy) is 1. The molecule has 0 aromatic carbocycles. The third-order valence-corrected chi connectivity index (χ3v) is 3.17. The molecule has 1 aliphatic carbocycles. The standard InChI is InChI=1S/C13H19BrO/c1-3-6-12(10-9-11(14)4-2)15-13-7-5-8-13/h4,6,9-10,13H,3,5,7-8H2,1-2H3/b10-9-,11-4+,12-6-. The number of hydrogen-bond donors (Lipinski definition) is 0. The summed E-state index contributed by atoms with van der Waals surface area (Å²) in [6.45, 7) is 4.13. The van der Waals surface area contributed by atoms with Crippen molar-refractivity contribution in [2.24, 2.45) is 0 Å². The monoisotopic (exact) mass is 270 g/mol. The third kappa shape index (κ3) is 4.70. The molecule has 84 valence electrons. The third-order valence-electron chi connectivity index (χ3n) is 2.44. The van der Waals surface area contributed by atoms with Gasteiger partial charge in [0.1, 0.15) is 5.76 Å². The zero-order valence-electron chi connectivity index (χ0n) is 9.50.